The van der Waals surface area contributed by atoms with E-state index in [2.05, 4.69) is 4.74 Å². The minimum atomic E-state index is -3.73. The molecular formula is C3H4F4O. The van der Waals surface area contributed by atoms with Crippen molar-refractivity contribution < 1.29 is 22.3 Å². The van der Waals surface area contributed by atoms with Gasteiger partial charge in [0.05, 0.1) is 0 Å². The summed E-state index contributed by atoms with van der Waals surface area (Å²) in [6.07, 6.45) is -3.73. The van der Waals surface area contributed by atoms with Crippen LogP contribution in [0.2, 0.25) is 0 Å². The van der Waals surface area contributed by atoms with E-state index < -0.39 is 12.7 Å². The Morgan fingerprint density at radius 3 is 1.75 bits per heavy atom. The maximum atomic E-state index is 11.3. The smallest absolute Gasteiger partial charge is 0.258 e. The molecule has 0 unspecified atom stereocenters. The first kappa shape index (κ1) is 7.68. The Bertz CT molecular complexity index is 66.2. The molecule has 1 nitrogen and oxygen atoms in total. The van der Waals surface area contributed by atoms with Gasteiger partial charge in [0.1, 0.15) is 0 Å². The Morgan fingerprint density at radius 1 is 1.38 bits per heavy atom. The molecule has 0 aromatic carbocycles. The first-order chi connectivity index (χ1) is 3.42. The van der Waals surface area contributed by atoms with Gasteiger partial charge in [-0.05, 0) is 0 Å². The molecule has 0 spiro atoms. The van der Waals surface area contributed by atoms with Crippen molar-refractivity contribution in [2.24, 2.45) is 0 Å². The van der Waals surface area contributed by atoms with Crippen LogP contribution in [0, 0.1) is 0 Å². The van der Waals surface area contributed by atoms with Crippen LogP contribution in [-0.4, -0.2) is 12.7 Å². The Hall–Kier alpha value is -0.320. The van der Waals surface area contributed by atoms with E-state index in [1.54, 1.807) is 0 Å². The molecule has 0 amide bonds. The van der Waals surface area contributed by atoms with Crippen molar-refractivity contribution in [2.45, 2.75) is 19.6 Å². The van der Waals surface area contributed by atoms with E-state index in [4.69, 9.17) is 0 Å². The topological polar surface area (TPSA) is 9.23 Å². The van der Waals surface area contributed by atoms with Crippen molar-refractivity contribution in [1.29, 1.82) is 0 Å². The molecule has 0 atom stereocenters. The van der Waals surface area contributed by atoms with Crippen LogP contribution in [0.25, 0.3) is 0 Å². The molecule has 8 heavy (non-hydrogen) atoms. The van der Waals surface area contributed by atoms with Gasteiger partial charge < -0.3 is 0 Å². The molecule has 50 valence electrons. The van der Waals surface area contributed by atoms with Gasteiger partial charge in [-0.15, -0.1) is 0 Å². The second-order valence-corrected chi connectivity index (χ2v) is 1.19. The molecule has 5 heteroatoms. The highest BCUT2D eigenvalue weighted by molar-refractivity contribution is 4.34. The summed E-state index contributed by atoms with van der Waals surface area (Å²) in [5, 5.41) is 0. The Balaban J connectivity index is 3.39. The molecule has 0 aromatic rings. The highest BCUT2D eigenvalue weighted by Gasteiger charge is 2.26. The van der Waals surface area contributed by atoms with Crippen LogP contribution in [0.5, 0.6) is 0 Å². The highest BCUT2D eigenvalue weighted by atomic mass is 19.3. The van der Waals surface area contributed by atoms with Crippen molar-refractivity contribution in [3.05, 3.63) is 0 Å². The van der Waals surface area contributed by atoms with Crippen LogP contribution in [-0.2, 0) is 4.74 Å². The van der Waals surface area contributed by atoms with Gasteiger partial charge >= 0.3 is 12.7 Å². The Kier molecular flexibility index (Phi) is 2.21. The van der Waals surface area contributed by atoms with Crippen LogP contribution in [0.3, 0.4) is 0 Å². The zero-order valence-corrected chi connectivity index (χ0v) is 4.00. The second kappa shape index (κ2) is 2.30. The molecule has 0 aliphatic carbocycles. The summed E-state index contributed by atoms with van der Waals surface area (Å²) >= 11 is 0. The van der Waals surface area contributed by atoms with E-state index in [9.17, 15) is 17.6 Å². The molecular weight excluding hydrogens is 128 g/mol. The Labute approximate surface area is 43.2 Å². The molecule has 0 heterocycles. The first-order valence-electron chi connectivity index (χ1n) is 1.75. The first-order valence-corrected chi connectivity index (χ1v) is 1.75. The molecule has 0 aromatic heterocycles. The van der Waals surface area contributed by atoms with E-state index in [1.807, 2.05) is 0 Å². The van der Waals surface area contributed by atoms with Crippen LogP contribution in [0.1, 0.15) is 6.92 Å². The fourth-order valence-corrected chi connectivity index (χ4v) is 0.156. The van der Waals surface area contributed by atoms with Crippen molar-refractivity contribution in [3.63, 3.8) is 0 Å². The zero-order valence-electron chi connectivity index (χ0n) is 4.00. The molecule has 0 saturated carbocycles. The Morgan fingerprint density at radius 2 is 1.75 bits per heavy atom. The van der Waals surface area contributed by atoms with Gasteiger partial charge in [-0.3, -0.25) is 4.74 Å². The summed E-state index contributed by atoms with van der Waals surface area (Å²) in [6.45, 7) is -3.16. The second-order valence-electron chi connectivity index (χ2n) is 1.19. The maximum absolute atomic E-state index is 11.3. The van der Waals surface area contributed by atoms with Gasteiger partial charge in [0.2, 0.25) is 0 Å². The summed E-state index contributed by atoms with van der Waals surface area (Å²) in [5.74, 6) is 0. The fourth-order valence-electron chi connectivity index (χ4n) is 0.156. The van der Waals surface area contributed by atoms with E-state index in [1.165, 1.54) is 0 Å². The largest absolute Gasteiger partial charge is 0.357 e. The highest BCUT2D eigenvalue weighted by Crippen LogP contribution is 2.16. The van der Waals surface area contributed by atoms with Gasteiger partial charge in [-0.25, -0.2) is 0 Å². The molecule has 0 N–H and O–H groups in total. The van der Waals surface area contributed by atoms with Gasteiger partial charge in [0.15, 0.2) is 0 Å². The SMILES string of the molecule is CC(F)(F)OC(F)F. The summed E-state index contributed by atoms with van der Waals surface area (Å²) < 4.78 is 47.0. The lowest BCUT2D eigenvalue weighted by atomic mass is 10.7. The van der Waals surface area contributed by atoms with Crippen molar-refractivity contribution >= 4 is 0 Å². The van der Waals surface area contributed by atoms with E-state index >= 15 is 0 Å². The van der Waals surface area contributed by atoms with Gasteiger partial charge in [-0.2, -0.15) is 17.6 Å². The molecule has 0 aliphatic heterocycles. The monoisotopic (exact) mass is 132 g/mol. The van der Waals surface area contributed by atoms with Crippen LogP contribution < -0.4 is 0 Å². The third-order valence-electron chi connectivity index (χ3n) is 0.296. The minimum absolute atomic E-state index is 0.249. The van der Waals surface area contributed by atoms with Crippen LogP contribution in [0.15, 0.2) is 0 Å². The lowest BCUT2D eigenvalue weighted by Gasteiger charge is -2.08. The van der Waals surface area contributed by atoms with E-state index in [0.29, 0.717) is 0 Å². The number of rotatable bonds is 2. The molecule has 0 saturated heterocycles. The fraction of sp³-hybridized carbons (Fsp3) is 1.00. The quantitative estimate of drug-likeness (QED) is 0.521. The zero-order chi connectivity index (χ0) is 6.78. The third kappa shape index (κ3) is 5.68. The van der Waals surface area contributed by atoms with E-state index in [0.717, 1.165) is 0 Å². The molecule has 0 aliphatic rings. The van der Waals surface area contributed by atoms with Gasteiger partial charge in [0.25, 0.3) is 0 Å². The molecule has 0 rings (SSSR count). The summed E-state index contributed by atoms with van der Waals surface area (Å²) in [5.41, 5.74) is 0. The maximum Gasteiger partial charge on any atom is 0.357 e. The molecule has 0 bridgehead atoms. The van der Waals surface area contributed by atoms with Crippen LogP contribution in [0.4, 0.5) is 17.6 Å². The van der Waals surface area contributed by atoms with Gasteiger partial charge in [0, 0.05) is 6.92 Å². The standard InChI is InChI=1S/C3H4F4O/c1-3(6,7)8-2(4)5/h2H,1H3. The molecule has 0 fully saturated rings. The molecule has 0 radical (unpaired) electrons. The summed E-state index contributed by atoms with van der Waals surface area (Å²) in [6, 6.07) is 0. The van der Waals surface area contributed by atoms with Crippen molar-refractivity contribution in [2.75, 3.05) is 0 Å². The lowest BCUT2D eigenvalue weighted by molar-refractivity contribution is -0.309. The number of hydrogen-bond donors (Lipinski definition) is 0. The third-order valence-corrected chi connectivity index (χ3v) is 0.296. The van der Waals surface area contributed by atoms with Gasteiger partial charge in [-0.1, -0.05) is 0 Å². The van der Waals surface area contributed by atoms with Crippen molar-refractivity contribution in [3.8, 4) is 0 Å². The predicted molar refractivity (Wildman–Crippen MR) is 17.7 cm³/mol. The van der Waals surface area contributed by atoms with E-state index in [-0.39, 0.29) is 6.92 Å². The number of alkyl halides is 4. The number of hydrogen-bond acceptors (Lipinski definition) is 1. The minimum Gasteiger partial charge on any atom is -0.258 e. The lowest BCUT2D eigenvalue weighted by Crippen LogP contribution is -2.18. The number of ether oxygens (including phenoxy) is 1. The van der Waals surface area contributed by atoms with Crippen LogP contribution >= 0.6 is 0 Å². The summed E-state index contributed by atoms with van der Waals surface area (Å²) in [4.78, 5) is 0. The average molecular weight is 132 g/mol. The summed E-state index contributed by atoms with van der Waals surface area (Å²) in [7, 11) is 0. The predicted octanol–water partition coefficient (Wildman–Crippen LogP) is 1.84. The van der Waals surface area contributed by atoms with Crippen molar-refractivity contribution in [1.82, 2.24) is 0 Å². The number of halogens is 4. The average Bonchev–Trinajstić information content (AvgIpc) is 1.21. The normalized spacial score (nSPS) is 12.8.